The van der Waals surface area contributed by atoms with Crippen molar-refractivity contribution in [3.63, 3.8) is 0 Å². The molecule has 0 saturated carbocycles. The molecule has 0 aromatic heterocycles. The molecule has 0 aliphatic carbocycles. The molecule has 0 bridgehead atoms. The number of rotatable bonds is 5. The van der Waals surface area contributed by atoms with Gasteiger partial charge in [-0.15, -0.1) is 0 Å². The van der Waals surface area contributed by atoms with Gasteiger partial charge < -0.3 is 10.1 Å². The van der Waals surface area contributed by atoms with Crippen molar-refractivity contribution < 1.29 is 4.74 Å². The van der Waals surface area contributed by atoms with Crippen molar-refractivity contribution in [2.75, 3.05) is 19.8 Å². The predicted molar refractivity (Wildman–Crippen MR) is 60.4 cm³/mol. The van der Waals surface area contributed by atoms with Crippen LogP contribution >= 0.6 is 0 Å². The Kier molecular flexibility index (Phi) is 5.20. The van der Waals surface area contributed by atoms with Gasteiger partial charge in [-0.1, -0.05) is 18.6 Å². The second kappa shape index (κ2) is 6.20. The highest BCUT2D eigenvalue weighted by molar-refractivity contribution is 5.01. The molecule has 0 aromatic carbocycles. The lowest BCUT2D eigenvalue weighted by Gasteiger charge is -2.17. The van der Waals surface area contributed by atoms with Gasteiger partial charge in [-0.25, -0.2) is 0 Å². The molecule has 82 valence electrons. The molecule has 1 aliphatic heterocycles. The quantitative estimate of drug-likeness (QED) is 0.683. The van der Waals surface area contributed by atoms with E-state index in [4.69, 9.17) is 4.74 Å². The van der Waals surface area contributed by atoms with Crippen molar-refractivity contribution in [3.05, 3.63) is 11.6 Å². The Hall–Kier alpha value is -0.340. The van der Waals surface area contributed by atoms with E-state index in [1.807, 2.05) is 0 Å². The first kappa shape index (κ1) is 11.7. The largest absolute Gasteiger partial charge is 0.381 e. The first-order chi connectivity index (χ1) is 6.72. The Balaban J connectivity index is 2.37. The lowest BCUT2D eigenvalue weighted by atomic mass is 9.98. The molecular weight excluding hydrogens is 174 g/mol. The highest BCUT2D eigenvalue weighted by atomic mass is 16.5. The molecule has 1 aliphatic rings. The van der Waals surface area contributed by atoms with Crippen LogP contribution in [0.4, 0.5) is 0 Å². The Labute approximate surface area is 87.7 Å². The molecule has 2 heteroatoms. The molecule has 0 spiro atoms. The van der Waals surface area contributed by atoms with E-state index >= 15 is 0 Å². The van der Waals surface area contributed by atoms with Gasteiger partial charge in [0.2, 0.25) is 0 Å². The van der Waals surface area contributed by atoms with Gasteiger partial charge in [-0.05, 0) is 39.2 Å². The molecular formula is C12H23NO. The molecule has 2 unspecified atom stereocenters. The SMILES string of the molecule is CCNC(C=C(C)C)CC1CCOC1. The fraction of sp³-hybridized carbons (Fsp3) is 0.833. The number of hydrogen-bond acceptors (Lipinski definition) is 2. The van der Waals surface area contributed by atoms with Crippen LogP contribution in [0.15, 0.2) is 11.6 Å². The average Bonchev–Trinajstić information content (AvgIpc) is 2.56. The highest BCUT2D eigenvalue weighted by Gasteiger charge is 2.18. The monoisotopic (exact) mass is 197 g/mol. The number of likely N-dealkylation sites (N-methyl/N-ethyl adjacent to an activating group) is 1. The molecule has 1 saturated heterocycles. The van der Waals surface area contributed by atoms with Gasteiger partial charge in [-0.2, -0.15) is 0 Å². The van der Waals surface area contributed by atoms with Crippen LogP contribution in [0.5, 0.6) is 0 Å². The number of nitrogens with one attached hydrogen (secondary N) is 1. The first-order valence-electron chi connectivity index (χ1n) is 5.68. The normalized spacial score (nSPS) is 23.5. The lowest BCUT2D eigenvalue weighted by molar-refractivity contribution is 0.182. The summed E-state index contributed by atoms with van der Waals surface area (Å²) in [6.07, 6.45) is 4.79. The zero-order valence-corrected chi connectivity index (χ0v) is 9.68. The Morgan fingerprint density at radius 1 is 1.57 bits per heavy atom. The van der Waals surface area contributed by atoms with Crippen LogP contribution in [0.3, 0.4) is 0 Å². The molecule has 1 N–H and O–H groups in total. The van der Waals surface area contributed by atoms with E-state index in [1.54, 1.807) is 0 Å². The predicted octanol–water partition coefficient (Wildman–Crippen LogP) is 2.36. The van der Waals surface area contributed by atoms with Gasteiger partial charge >= 0.3 is 0 Å². The van der Waals surface area contributed by atoms with Crippen molar-refractivity contribution in [2.45, 2.75) is 39.7 Å². The Morgan fingerprint density at radius 3 is 2.86 bits per heavy atom. The van der Waals surface area contributed by atoms with Crippen molar-refractivity contribution >= 4 is 0 Å². The third-order valence-electron chi connectivity index (χ3n) is 2.61. The molecule has 0 radical (unpaired) electrons. The molecule has 0 amide bonds. The minimum atomic E-state index is 0.539. The number of allylic oxidation sites excluding steroid dienone is 1. The van der Waals surface area contributed by atoms with Crippen LogP contribution in [0.25, 0.3) is 0 Å². The van der Waals surface area contributed by atoms with Crippen molar-refractivity contribution in [2.24, 2.45) is 5.92 Å². The van der Waals surface area contributed by atoms with Crippen LogP contribution < -0.4 is 5.32 Å². The minimum absolute atomic E-state index is 0.539. The fourth-order valence-corrected chi connectivity index (χ4v) is 2.00. The average molecular weight is 197 g/mol. The summed E-state index contributed by atoms with van der Waals surface area (Å²) >= 11 is 0. The van der Waals surface area contributed by atoms with Crippen molar-refractivity contribution in [1.82, 2.24) is 5.32 Å². The maximum Gasteiger partial charge on any atom is 0.0495 e. The van der Waals surface area contributed by atoms with E-state index < -0.39 is 0 Å². The van der Waals surface area contributed by atoms with E-state index in [0.29, 0.717) is 6.04 Å². The second-order valence-corrected chi connectivity index (χ2v) is 4.37. The Bertz CT molecular complexity index is 179. The summed E-state index contributed by atoms with van der Waals surface area (Å²) in [6, 6.07) is 0.539. The van der Waals surface area contributed by atoms with Crippen LogP contribution in [-0.4, -0.2) is 25.8 Å². The summed E-state index contributed by atoms with van der Waals surface area (Å²) in [7, 11) is 0. The van der Waals surface area contributed by atoms with E-state index in [-0.39, 0.29) is 0 Å². The van der Waals surface area contributed by atoms with Crippen LogP contribution in [0.2, 0.25) is 0 Å². The summed E-state index contributed by atoms with van der Waals surface area (Å²) in [6.45, 7) is 9.45. The summed E-state index contributed by atoms with van der Waals surface area (Å²) in [5, 5.41) is 3.51. The number of ether oxygens (including phenoxy) is 1. The van der Waals surface area contributed by atoms with E-state index in [9.17, 15) is 0 Å². The maximum atomic E-state index is 5.39. The van der Waals surface area contributed by atoms with Gasteiger partial charge in [0.25, 0.3) is 0 Å². The van der Waals surface area contributed by atoms with Crippen LogP contribution in [0.1, 0.15) is 33.6 Å². The fourth-order valence-electron chi connectivity index (χ4n) is 2.00. The summed E-state index contributed by atoms with van der Waals surface area (Å²) in [5.41, 5.74) is 1.40. The minimum Gasteiger partial charge on any atom is -0.381 e. The standard InChI is InChI=1S/C12H23NO/c1-4-13-12(7-10(2)3)8-11-5-6-14-9-11/h7,11-13H,4-6,8-9H2,1-3H3. The van der Waals surface area contributed by atoms with E-state index in [0.717, 1.165) is 25.7 Å². The highest BCUT2D eigenvalue weighted by Crippen LogP contribution is 2.19. The molecule has 0 aromatic rings. The number of hydrogen-bond donors (Lipinski definition) is 1. The molecule has 1 heterocycles. The van der Waals surface area contributed by atoms with Crippen molar-refractivity contribution in [3.8, 4) is 0 Å². The zero-order valence-electron chi connectivity index (χ0n) is 9.68. The summed E-state index contributed by atoms with van der Waals surface area (Å²) in [4.78, 5) is 0. The van der Waals surface area contributed by atoms with E-state index in [1.165, 1.54) is 18.4 Å². The smallest absolute Gasteiger partial charge is 0.0495 e. The molecule has 14 heavy (non-hydrogen) atoms. The van der Waals surface area contributed by atoms with Gasteiger partial charge in [0.05, 0.1) is 0 Å². The Morgan fingerprint density at radius 2 is 2.36 bits per heavy atom. The maximum absolute atomic E-state index is 5.39. The van der Waals surface area contributed by atoms with E-state index in [2.05, 4.69) is 32.2 Å². The molecule has 1 fully saturated rings. The second-order valence-electron chi connectivity index (χ2n) is 4.37. The first-order valence-corrected chi connectivity index (χ1v) is 5.68. The van der Waals surface area contributed by atoms with Crippen molar-refractivity contribution in [1.29, 1.82) is 0 Å². The lowest BCUT2D eigenvalue weighted by Crippen LogP contribution is -2.29. The molecule has 1 rings (SSSR count). The topological polar surface area (TPSA) is 21.3 Å². The van der Waals surface area contributed by atoms with Gasteiger partial charge in [0.15, 0.2) is 0 Å². The van der Waals surface area contributed by atoms with Gasteiger partial charge in [-0.3, -0.25) is 0 Å². The van der Waals surface area contributed by atoms with Gasteiger partial charge in [0.1, 0.15) is 0 Å². The summed E-state index contributed by atoms with van der Waals surface area (Å²) in [5.74, 6) is 0.759. The molecule has 2 nitrogen and oxygen atoms in total. The van der Waals surface area contributed by atoms with Crippen LogP contribution in [-0.2, 0) is 4.74 Å². The molecule has 2 atom stereocenters. The third-order valence-corrected chi connectivity index (χ3v) is 2.61. The van der Waals surface area contributed by atoms with Crippen LogP contribution in [0, 0.1) is 5.92 Å². The summed E-state index contributed by atoms with van der Waals surface area (Å²) < 4.78 is 5.39. The van der Waals surface area contributed by atoms with Gasteiger partial charge in [0, 0.05) is 19.3 Å². The zero-order chi connectivity index (χ0) is 10.4. The third kappa shape index (κ3) is 4.25.